The number of hydrogen-bond donors (Lipinski definition) is 1. The Hall–Kier alpha value is -1.03. The van der Waals surface area contributed by atoms with Crippen LogP contribution in [0.3, 0.4) is 0 Å². The van der Waals surface area contributed by atoms with E-state index in [1.54, 1.807) is 19.1 Å². The van der Waals surface area contributed by atoms with Gasteiger partial charge in [0.15, 0.2) is 9.84 Å². The standard InChI is InChI=1S/C12H19NO2S/c1-3-5-10-13-11-6-8-12(9-7-11)16(14,15)4-2/h6-9,13H,3-5,10H2,1-2H3. The zero-order chi connectivity index (χ0) is 12.0. The summed E-state index contributed by atoms with van der Waals surface area (Å²) in [5.74, 6) is 0.148. The molecule has 1 aromatic rings. The van der Waals surface area contributed by atoms with Gasteiger partial charge >= 0.3 is 0 Å². The first kappa shape index (κ1) is 13.0. The van der Waals surface area contributed by atoms with Crippen LogP contribution in [0.4, 0.5) is 5.69 Å². The summed E-state index contributed by atoms with van der Waals surface area (Å²) in [7, 11) is -3.07. The number of anilines is 1. The van der Waals surface area contributed by atoms with E-state index in [0.717, 1.165) is 25.1 Å². The van der Waals surface area contributed by atoms with Crippen molar-refractivity contribution < 1.29 is 8.42 Å². The number of rotatable bonds is 6. The van der Waals surface area contributed by atoms with Gasteiger partial charge in [-0.25, -0.2) is 8.42 Å². The van der Waals surface area contributed by atoms with Crippen LogP contribution in [0.25, 0.3) is 0 Å². The van der Waals surface area contributed by atoms with Crippen LogP contribution in [0.1, 0.15) is 26.7 Å². The third-order valence-corrected chi connectivity index (χ3v) is 4.20. The van der Waals surface area contributed by atoms with E-state index in [1.807, 2.05) is 12.1 Å². The minimum absolute atomic E-state index is 0.148. The average Bonchev–Trinajstić information content (AvgIpc) is 2.30. The molecule has 0 aliphatic rings. The molecule has 0 aliphatic heterocycles. The van der Waals surface area contributed by atoms with Gasteiger partial charge in [-0.3, -0.25) is 0 Å². The lowest BCUT2D eigenvalue weighted by Crippen LogP contribution is -2.04. The molecular formula is C12H19NO2S. The third kappa shape index (κ3) is 3.52. The zero-order valence-corrected chi connectivity index (χ0v) is 10.7. The molecule has 1 N–H and O–H groups in total. The van der Waals surface area contributed by atoms with Crippen LogP contribution in [-0.4, -0.2) is 20.7 Å². The second-order valence-corrected chi connectivity index (χ2v) is 5.99. The zero-order valence-electron chi connectivity index (χ0n) is 9.86. The van der Waals surface area contributed by atoms with Gasteiger partial charge in [0.2, 0.25) is 0 Å². The Labute approximate surface area is 97.8 Å². The molecule has 0 saturated carbocycles. The van der Waals surface area contributed by atoms with E-state index in [2.05, 4.69) is 12.2 Å². The molecule has 0 fully saturated rings. The highest BCUT2D eigenvalue weighted by Crippen LogP contribution is 2.15. The molecule has 4 heteroatoms. The molecule has 0 radical (unpaired) electrons. The maximum atomic E-state index is 11.6. The van der Waals surface area contributed by atoms with E-state index in [9.17, 15) is 8.42 Å². The SMILES string of the molecule is CCCCNc1ccc(S(=O)(=O)CC)cc1. The van der Waals surface area contributed by atoms with E-state index < -0.39 is 9.84 Å². The van der Waals surface area contributed by atoms with Crippen molar-refractivity contribution in [2.75, 3.05) is 17.6 Å². The molecule has 1 aromatic carbocycles. The van der Waals surface area contributed by atoms with Gasteiger partial charge in [0.1, 0.15) is 0 Å². The first-order valence-electron chi connectivity index (χ1n) is 5.67. The third-order valence-electron chi connectivity index (χ3n) is 2.45. The second kappa shape index (κ2) is 5.89. The van der Waals surface area contributed by atoms with Gasteiger partial charge in [0, 0.05) is 12.2 Å². The topological polar surface area (TPSA) is 46.2 Å². The summed E-state index contributed by atoms with van der Waals surface area (Å²) in [6.07, 6.45) is 2.27. The maximum absolute atomic E-state index is 11.6. The van der Waals surface area contributed by atoms with Gasteiger partial charge in [0.05, 0.1) is 10.6 Å². The van der Waals surface area contributed by atoms with Crippen molar-refractivity contribution in [3.63, 3.8) is 0 Å². The van der Waals surface area contributed by atoms with E-state index in [1.165, 1.54) is 0 Å². The number of benzene rings is 1. The van der Waals surface area contributed by atoms with Crippen LogP contribution < -0.4 is 5.32 Å². The summed E-state index contributed by atoms with van der Waals surface area (Å²) in [5, 5.41) is 3.25. The molecule has 0 heterocycles. The number of hydrogen-bond acceptors (Lipinski definition) is 3. The van der Waals surface area contributed by atoms with Gasteiger partial charge in [-0.05, 0) is 30.7 Å². The van der Waals surface area contributed by atoms with Gasteiger partial charge in [-0.15, -0.1) is 0 Å². The fourth-order valence-electron chi connectivity index (χ4n) is 1.36. The smallest absolute Gasteiger partial charge is 0.178 e. The molecule has 1 rings (SSSR count). The maximum Gasteiger partial charge on any atom is 0.178 e. The minimum Gasteiger partial charge on any atom is -0.385 e. The van der Waals surface area contributed by atoms with Gasteiger partial charge in [-0.2, -0.15) is 0 Å². The van der Waals surface area contributed by atoms with Crippen LogP contribution in [0, 0.1) is 0 Å². The molecule has 0 bridgehead atoms. The Morgan fingerprint density at radius 2 is 1.75 bits per heavy atom. The lowest BCUT2D eigenvalue weighted by Gasteiger charge is -2.06. The monoisotopic (exact) mass is 241 g/mol. The number of sulfone groups is 1. The Bertz CT molecular complexity index is 409. The number of nitrogens with one attached hydrogen (secondary N) is 1. The highest BCUT2D eigenvalue weighted by Gasteiger charge is 2.10. The molecule has 16 heavy (non-hydrogen) atoms. The Morgan fingerprint density at radius 3 is 2.25 bits per heavy atom. The largest absolute Gasteiger partial charge is 0.385 e. The quantitative estimate of drug-likeness (QED) is 0.779. The Morgan fingerprint density at radius 1 is 1.12 bits per heavy atom. The van der Waals surface area contributed by atoms with Gasteiger partial charge in [0.25, 0.3) is 0 Å². The van der Waals surface area contributed by atoms with Gasteiger partial charge in [-0.1, -0.05) is 20.3 Å². The summed E-state index contributed by atoms with van der Waals surface area (Å²) in [6.45, 7) is 4.72. The fraction of sp³-hybridized carbons (Fsp3) is 0.500. The summed E-state index contributed by atoms with van der Waals surface area (Å²) in [5.41, 5.74) is 0.975. The van der Waals surface area contributed by atoms with Crippen molar-refractivity contribution >= 4 is 15.5 Å². The molecule has 0 aromatic heterocycles. The highest BCUT2D eigenvalue weighted by atomic mass is 32.2. The van der Waals surface area contributed by atoms with E-state index in [0.29, 0.717) is 4.90 Å². The van der Waals surface area contributed by atoms with Gasteiger partial charge < -0.3 is 5.32 Å². The first-order chi connectivity index (χ1) is 7.60. The second-order valence-electron chi connectivity index (χ2n) is 3.71. The van der Waals surface area contributed by atoms with Crippen molar-refractivity contribution in [2.45, 2.75) is 31.6 Å². The van der Waals surface area contributed by atoms with Crippen molar-refractivity contribution in [3.8, 4) is 0 Å². The van der Waals surface area contributed by atoms with E-state index in [-0.39, 0.29) is 5.75 Å². The molecule has 0 unspecified atom stereocenters. The van der Waals surface area contributed by atoms with E-state index in [4.69, 9.17) is 0 Å². The van der Waals surface area contributed by atoms with Crippen LogP contribution >= 0.6 is 0 Å². The van der Waals surface area contributed by atoms with E-state index >= 15 is 0 Å². The van der Waals surface area contributed by atoms with Crippen LogP contribution in [0.15, 0.2) is 29.2 Å². The summed E-state index contributed by atoms with van der Waals surface area (Å²) in [6, 6.07) is 6.95. The first-order valence-corrected chi connectivity index (χ1v) is 7.32. The highest BCUT2D eigenvalue weighted by molar-refractivity contribution is 7.91. The van der Waals surface area contributed by atoms with Crippen molar-refractivity contribution in [2.24, 2.45) is 0 Å². The molecule has 90 valence electrons. The Kier molecular flexibility index (Phi) is 4.80. The predicted molar refractivity (Wildman–Crippen MR) is 67.6 cm³/mol. The fourth-order valence-corrected chi connectivity index (χ4v) is 2.24. The van der Waals surface area contributed by atoms with Crippen molar-refractivity contribution in [1.29, 1.82) is 0 Å². The lowest BCUT2D eigenvalue weighted by molar-refractivity contribution is 0.597. The Balaban J connectivity index is 2.68. The number of unbranched alkanes of at least 4 members (excludes halogenated alkanes) is 1. The molecular weight excluding hydrogens is 222 g/mol. The summed E-state index contributed by atoms with van der Waals surface area (Å²) in [4.78, 5) is 0.399. The summed E-state index contributed by atoms with van der Waals surface area (Å²) < 4.78 is 23.1. The normalized spacial score (nSPS) is 11.4. The predicted octanol–water partition coefficient (Wildman–Crippen LogP) is 2.69. The van der Waals surface area contributed by atoms with Crippen LogP contribution in [0.2, 0.25) is 0 Å². The lowest BCUT2D eigenvalue weighted by atomic mass is 10.3. The molecule has 0 aliphatic carbocycles. The molecule has 0 saturated heterocycles. The van der Waals surface area contributed by atoms with Crippen LogP contribution in [0.5, 0.6) is 0 Å². The minimum atomic E-state index is -3.07. The van der Waals surface area contributed by atoms with Crippen LogP contribution in [-0.2, 0) is 9.84 Å². The molecule has 0 atom stereocenters. The molecule has 3 nitrogen and oxygen atoms in total. The molecule has 0 spiro atoms. The van der Waals surface area contributed by atoms with Crippen molar-refractivity contribution in [3.05, 3.63) is 24.3 Å². The van der Waals surface area contributed by atoms with Crippen molar-refractivity contribution in [1.82, 2.24) is 0 Å². The molecule has 0 amide bonds. The summed E-state index contributed by atoms with van der Waals surface area (Å²) >= 11 is 0. The average molecular weight is 241 g/mol.